The molecule has 1 aliphatic carbocycles. The molecule has 0 radical (unpaired) electrons. The van der Waals surface area contributed by atoms with Crippen LogP contribution in [0.2, 0.25) is 0 Å². The molecule has 0 unspecified atom stereocenters. The van der Waals surface area contributed by atoms with E-state index in [0.717, 1.165) is 25.7 Å². The molecule has 23 heavy (non-hydrogen) atoms. The molecular weight excluding hydrogens is 371 g/mol. The zero-order valence-electron chi connectivity index (χ0n) is 12.7. The van der Waals surface area contributed by atoms with Crippen LogP contribution in [-0.2, 0) is 28.5 Å². The Morgan fingerprint density at radius 1 is 0.870 bits per heavy atom. The number of hydrogen-bond donors (Lipinski definition) is 0. The summed E-state index contributed by atoms with van der Waals surface area (Å²) in [7, 11) is 0. The highest BCUT2D eigenvalue weighted by atomic mass is 35.5. The molecular formula is C14H21Cl3O6. The summed E-state index contributed by atoms with van der Waals surface area (Å²) in [6.45, 7) is 1.04. The number of alkyl halides is 3. The van der Waals surface area contributed by atoms with Crippen LogP contribution in [0.15, 0.2) is 0 Å². The number of carbonyl (C=O) groups is 2. The molecule has 1 aliphatic rings. The Morgan fingerprint density at radius 3 is 1.78 bits per heavy atom. The van der Waals surface area contributed by atoms with E-state index in [0.29, 0.717) is 13.2 Å². The van der Waals surface area contributed by atoms with Gasteiger partial charge in [-0.2, -0.15) is 0 Å². The first-order valence-corrected chi connectivity index (χ1v) is 8.83. The van der Waals surface area contributed by atoms with Gasteiger partial charge < -0.3 is 18.9 Å². The second-order valence-electron chi connectivity index (χ2n) is 4.96. The highest BCUT2D eigenvalue weighted by Gasteiger charge is 2.22. The molecule has 0 spiro atoms. The molecule has 1 rings (SSSR count). The van der Waals surface area contributed by atoms with E-state index in [2.05, 4.69) is 0 Å². The summed E-state index contributed by atoms with van der Waals surface area (Å²) in [5.74, 6) is -1.25. The number of rotatable bonds is 10. The Balaban J connectivity index is 2.00. The first-order chi connectivity index (χ1) is 11.0. The third-order valence-corrected chi connectivity index (χ3v) is 3.86. The van der Waals surface area contributed by atoms with Crippen molar-refractivity contribution in [3.8, 4) is 0 Å². The smallest absolute Gasteiger partial charge is 0.339 e. The molecule has 1 fully saturated rings. The fourth-order valence-electron chi connectivity index (χ4n) is 2.19. The standard InChI is InChI=1S/C14H21Cl3O6/c15-9-12(18)22-7-5-20-10-1-3-11(4-2-10)21-6-8-23-14(19)13(16)17/h10-11,13H,1-9H2. The molecule has 1 saturated carbocycles. The van der Waals surface area contributed by atoms with Crippen LogP contribution in [-0.4, -0.2) is 61.3 Å². The van der Waals surface area contributed by atoms with Gasteiger partial charge in [0.1, 0.15) is 19.1 Å². The lowest BCUT2D eigenvalue weighted by atomic mass is 9.95. The highest BCUT2D eigenvalue weighted by Crippen LogP contribution is 2.23. The molecule has 0 amide bonds. The monoisotopic (exact) mass is 390 g/mol. The van der Waals surface area contributed by atoms with Crippen molar-refractivity contribution in [3.05, 3.63) is 0 Å². The summed E-state index contributed by atoms with van der Waals surface area (Å²) in [6.07, 6.45) is 3.76. The van der Waals surface area contributed by atoms with Gasteiger partial charge in [-0.1, -0.05) is 23.2 Å². The molecule has 9 heteroatoms. The van der Waals surface area contributed by atoms with Crippen molar-refractivity contribution in [3.63, 3.8) is 0 Å². The molecule has 0 saturated heterocycles. The van der Waals surface area contributed by atoms with Crippen LogP contribution >= 0.6 is 34.8 Å². The normalized spacial score (nSPS) is 21.2. The van der Waals surface area contributed by atoms with E-state index in [-0.39, 0.29) is 31.3 Å². The first kappa shape index (κ1) is 20.8. The highest BCUT2D eigenvalue weighted by molar-refractivity contribution is 6.52. The summed E-state index contributed by atoms with van der Waals surface area (Å²) >= 11 is 16.0. The molecule has 0 aromatic heterocycles. The maximum atomic E-state index is 11.0. The van der Waals surface area contributed by atoms with E-state index >= 15 is 0 Å². The van der Waals surface area contributed by atoms with Gasteiger partial charge in [0.2, 0.25) is 4.84 Å². The van der Waals surface area contributed by atoms with Crippen LogP contribution in [0.5, 0.6) is 0 Å². The van der Waals surface area contributed by atoms with E-state index in [1.165, 1.54) is 0 Å². The topological polar surface area (TPSA) is 71.1 Å². The van der Waals surface area contributed by atoms with Crippen molar-refractivity contribution in [1.82, 2.24) is 0 Å². The number of halogens is 3. The predicted molar refractivity (Wildman–Crippen MR) is 86.1 cm³/mol. The number of hydrogen-bond acceptors (Lipinski definition) is 6. The van der Waals surface area contributed by atoms with Crippen molar-refractivity contribution < 1.29 is 28.5 Å². The average molecular weight is 392 g/mol. The Labute approximate surface area is 150 Å². The van der Waals surface area contributed by atoms with Gasteiger partial charge in [0, 0.05) is 0 Å². The largest absolute Gasteiger partial charge is 0.462 e. The molecule has 6 nitrogen and oxygen atoms in total. The number of ether oxygens (including phenoxy) is 4. The molecule has 0 atom stereocenters. The van der Waals surface area contributed by atoms with Crippen molar-refractivity contribution in [2.75, 3.05) is 32.3 Å². The Morgan fingerprint density at radius 2 is 1.35 bits per heavy atom. The van der Waals surface area contributed by atoms with Crippen LogP contribution in [0.25, 0.3) is 0 Å². The Hall–Kier alpha value is -0.270. The third-order valence-electron chi connectivity index (χ3n) is 3.29. The molecule has 0 heterocycles. The zero-order valence-corrected chi connectivity index (χ0v) is 14.9. The molecule has 0 bridgehead atoms. The number of carbonyl (C=O) groups excluding carboxylic acids is 2. The molecule has 0 N–H and O–H groups in total. The first-order valence-electron chi connectivity index (χ1n) is 7.42. The second-order valence-corrected chi connectivity index (χ2v) is 6.33. The van der Waals surface area contributed by atoms with Crippen molar-refractivity contribution in [2.45, 2.75) is 42.7 Å². The fraction of sp³-hybridized carbons (Fsp3) is 0.857. The lowest BCUT2D eigenvalue weighted by molar-refractivity contribution is -0.145. The lowest BCUT2D eigenvalue weighted by Gasteiger charge is -2.28. The van der Waals surface area contributed by atoms with Gasteiger partial charge in [-0.05, 0) is 25.7 Å². The van der Waals surface area contributed by atoms with E-state index in [9.17, 15) is 9.59 Å². The van der Waals surface area contributed by atoms with Crippen LogP contribution in [0.4, 0.5) is 0 Å². The second kappa shape index (κ2) is 12.1. The minimum absolute atomic E-state index is 0.130. The van der Waals surface area contributed by atoms with E-state index in [1.54, 1.807) is 0 Å². The minimum Gasteiger partial charge on any atom is -0.462 e. The summed E-state index contributed by atoms with van der Waals surface area (Å²) in [5.41, 5.74) is 0. The summed E-state index contributed by atoms with van der Waals surface area (Å²) in [5, 5.41) is 0. The summed E-state index contributed by atoms with van der Waals surface area (Å²) in [6, 6.07) is 0. The van der Waals surface area contributed by atoms with Crippen LogP contribution in [0.1, 0.15) is 25.7 Å². The zero-order chi connectivity index (χ0) is 17.1. The van der Waals surface area contributed by atoms with Crippen LogP contribution < -0.4 is 0 Å². The van der Waals surface area contributed by atoms with Crippen molar-refractivity contribution in [1.29, 1.82) is 0 Å². The molecule has 134 valence electrons. The van der Waals surface area contributed by atoms with Gasteiger partial charge in [-0.3, -0.25) is 4.79 Å². The van der Waals surface area contributed by atoms with Gasteiger partial charge >= 0.3 is 11.9 Å². The van der Waals surface area contributed by atoms with Gasteiger partial charge in [-0.25, -0.2) is 4.79 Å². The van der Waals surface area contributed by atoms with Gasteiger partial charge in [0.25, 0.3) is 0 Å². The SMILES string of the molecule is O=C(CCl)OCCOC1CCC(OCCOC(=O)C(Cl)Cl)CC1. The van der Waals surface area contributed by atoms with Crippen molar-refractivity contribution in [2.24, 2.45) is 0 Å². The predicted octanol–water partition coefficient (Wildman–Crippen LogP) is 2.46. The van der Waals surface area contributed by atoms with Gasteiger partial charge in [0.15, 0.2) is 0 Å². The van der Waals surface area contributed by atoms with Gasteiger partial charge in [0.05, 0.1) is 25.4 Å². The third kappa shape index (κ3) is 9.57. The van der Waals surface area contributed by atoms with Crippen LogP contribution in [0, 0.1) is 0 Å². The van der Waals surface area contributed by atoms with Crippen LogP contribution in [0.3, 0.4) is 0 Å². The van der Waals surface area contributed by atoms with E-state index in [1.807, 2.05) is 0 Å². The molecule has 0 aromatic rings. The maximum Gasteiger partial charge on any atom is 0.339 e. The van der Waals surface area contributed by atoms with E-state index in [4.69, 9.17) is 53.8 Å². The fourth-order valence-corrected chi connectivity index (χ4v) is 2.40. The molecule has 0 aromatic carbocycles. The quantitative estimate of drug-likeness (QED) is 0.324. The summed E-state index contributed by atoms with van der Waals surface area (Å²) in [4.78, 5) is 20.7. The van der Waals surface area contributed by atoms with Gasteiger partial charge in [-0.15, -0.1) is 11.6 Å². The minimum atomic E-state index is -1.16. The Kier molecular flexibility index (Phi) is 11.0. The average Bonchev–Trinajstić information content (AvgIpc) is 2.56. The Bertz CT molecular complexity index is 358. The number of esters is 2. The maximum absolute atomic E-state index is 11.0. The van der Waals surface area contributed by atoms with Crippen molar-refractivity contribution >= 4 is 46.7 Å². The van der Waals surface area contributed by atoms with E-state index < -0.39 is 16.8 Å². The summed E-state index contributed by atoms with van der Waals surface area (Å²) < 4.78 is 20.9. The molecule has 0 aliphatic heterocycles. The lowest BCUT2D eigenvalue weighted by Crippen LogP contribution is -2.28.